The van der Waals surface area contributed by atoms with Gasteiger partial charge in [0, 0.05) is 20.9 Å². The molecule has 0 N–H and O–H groups in total. The van der Waals surface area contributed by atoms with Crippen LogP contribution in [0.3, 0.4) is 0 Å². The Balaban J connectivity index is 1.24. The lowest BCUT2D eigenvalue weighted by atomic mass is 9.42. The van der Waals surface area contributed by atoms with Crippen LogP contribution in [0.1, 0.15) is 147 Å². The normalized spacial score (nSPS) is 30.6. The van der Waals surface area contributed by atoms with Crippen molar-refractivity contribution in [2.75, 3.05) is 4.90 Å². The van der Waals surface area contributed by atoms with E-state index in [1.807, 2.05) is 0 Å². The third-order valence-electron chi connectivity index (χ3n) is 15.8. The maximum atomic E-state index is 2.74. The second-order valence-corrected chi connectivity index (χ2v) is 21.8. The fourth-order valence-electron chi connectivity index (χ4n) is 13.2. The van der Waals surface area contributed by atoms with Gasteiger partial charge in [0.25, 0.3) is 0 Å². The van der Waals surface area contributed by atoms with Crippen LogP contribution in [-0.4, -0.2) is 0 Å². The van der Waals surface area contributed by atoms with Crippen molar-refractivity contribution in [3.05, 3.63) is 112 Å². The maximum Gasteiger partial charge on any atom is 0.0502 e. The van der Waals surface area contributed by atoms with E-state index in [1.54, 1.807) is 22.3 Å². The van der Waals surface area contributed by atoms with Crippen molar-refractivity contribution in [1.29, 1.82) is 0 Å². The topological polar surface area (TPSA) is 3.24 Å². The average molecular weight is 706 g/mol. The molecule has 2 heteroatoms. The summed E-state index contributed by atoms with van der Waals surface area (Å²) in [6.45, 7) is 19.9. The lowest BCUT2D eigenvalue weighted by Crippen LogP contribution is -2.57. The Morgan fingerprint density at radius 3 is 1.52 bits per heavy atom. The van der Waals surface area contributed by atoms with Gasteiger partial charge in [0.05, 0.1) is 11.4 Å². The van der Waals surface area contributed by atoms with E-state index in [2.05, 4.69) is 151 Å². The quantitative estimate of drug-likeness (QED) is 0.209. The average Bonchev–Trinajstić information content (AvgIpc) is 3.10. The van der Waals surface area contributed by atoms with E-state index in [4.69, 9.17) is 0 Å². The van der Waals surface area contributed by atoms with Crippen LogP contribution in [0, 0.1) is 23.7 Å². The summed E-state index contributed by atoms with van der Waals surface area (Å²) in [6, 6.07) is 32.0. The highest BCUT2D eigenvalue weighted by Crippen LogP contribution is 2.69. The molecule has 4 aromatic carbocycles. The van der Waals surface area contributed by atoms with E-state index in [0.29, 0.717) is 0 Å². The molecule has 0 radical (unpaired) electrons. The Morgan fingerprint density at radius 2 is 0.962 bits per heavy atom. The molecular weight excluding hydrogens is 647 g/mol. The first-order chi connectivity index (χ1) is 24.7. The fraction of sp³-hybridized carbons (Fsp3) is 0.520. The van der Waals surface area contributed by atoms with Crippen LogP contribution in [0.25, 0.3) is 0 Å². The third kappa shape index (κ3) is 4.61. The first kappa shape index (κ1) is 33.6. The smallest absolute Gasteiger partial charge is 0.0502 e. The molecule has 1 nitrogen and oxygen atoms in total. The number of anilines is 3. The molecule has 1 heterocycles. The van der Waals surface area contributed by atoms with E-state index < -0.39 is 0 Å². The van der Waals surface area contributed by atoms with Crippen molar-refractivity contribution >= 4 is 28.8 Å². The third-order valence-corrected chi connectivity index (χ3v) is 16.9. The van der Waals surface area contributed by atoms with Crippen molar-refractivity contribution in [3.63, 3.8) is 0 Å². The second-order valence-electron chi connectivity index (χ2n) is 20.7. The lowest BCUT2D eigenvalue weighted by molar-refractivity contribution is -0.0443. The van der Waals surface area contributed by atoms with Gasteiger partial charge in [0.1, 0.15) is 0 Å². The Kier molecular flexibility index (Phi) is 7.14. The van der Waals surface area contributed by atoms with Crippen molar-refractivity contribution in [1.82, 2.24) is 0 Å². The van der Waals surface area contributed by atoms with Gasteiger partial charge in [-0.15, -0.1) is 0 Å². The van der Waals surface area contributed by atoms with E-state index in [0.717, 1.165) is 23.7 Å². The number of hydrogen-bond acceptors (Lipinski definition) is 2. The number of fused-ring (bicyclic) bond motifs is 4. The molecule has 52 heavy (non-hydrogen) atoms. The molecule has 4 fully saturated rings. The van der Waals surface area contributed by atoms with Gasteiger partial charge in [0.2, 0.25) is 0 Å². The van der Waals surface area contributed by atoms with Crippen molar-refractivity contribution in [2.24, 2.45) is 23.7 Å². The van der Waals surface area contributed by atoms with Crippen LogP contribution in [0.2, 0.25) is 0 Å². The standard InChI is InChI=1S/C50H59NS/c1-46(2)21-23-48(5,6)44-38(46)14-11-16-40(44)51(41-17-12-15-39-45(41)49(7,8)24-22-47(39,3)4)35-19-20-37-43(30-35)52-42-18-10-9-13-36(42)50(37)33-26-31-25-32(28-33)29-34(50)27-31/h9-20,30-34H,21-29H2,1-8H3. The summed E-state index contributed by atoms with van der Waals surface area (Å²) < 4.78 is 0. The molecule has 270 valence electrons. The molecular formula is C50H59NS. The lowest BCUT2D eigenvalue weighted by Gasteiger charge is -2.63. The molecule has 0 unspecified atom stereocenters. The largest absolute Gasteiger partial charge is 0.310 e. The molecule has 4 bridgehead atoms. The molecule has 1 spiro atoms. The van der Waals surface area contributed by atoms with Crippen molar-refractivity contribution in [3.8, 4) is 0 Å². The molecule has 6 aliphatic carbocycles. The molecule has 0 saturated heterocycles. The minimum absolute atomic E-state index is 0.0790. The van der Waals surface area contributed by atoms with Gasteiger partial charge in [-0.25, -0.2) is 0 Å². The number of benzene rings is 4. The molecule has 0 aromatic heterocycles. The minimum Gasteiger partial charge on any atom is -0.310 e. The number of nitrogens with zero attached hydrogens (tertiary/aromatic N) is 1. The minimum atomic E-state index is 0.0790. The predicted molar refractivity (Wildman–Crippen MR) is 220 cm³/mol. The molecule has 11 rings (SSSR count). The van der Waals surface area contributed by atoms with Crippen LogP contribution < -0.4 is 4.90 Å². The van der Waals surface area contributed by atoms with Crippen LogP contribution in [-0.2, 0) is 27.1 Å². The zero-order valence-corrected chi connectivity index (χ0v) is 33.9. The maximum absolute atomic E-state index is 2.74. The van der Waals surface area contributed by atoms with Gasteiger partial charge in [0.15, 0.2) is 0 Å². The van der Waals surface area contributed by atoms with Gasteiger partial charge in [-0.3, -0.25) is 0 Å². The number of rotatable bonds is 3. The first-order valence-corrected chi connectivity index (χ1v) is 21.5. The summed E-state index contributed by atoms with van der Waals surface area (Å²) in [7, 11) is 0. The summed E-state index contributed by atoms with van der Waals surface area (Å²) in [6.07, 6.45) is 12.0. The van der Waals surface area contributed by atoms with Gasteiger partial charge >= 0.3 is 0 Å². The molecule has 0 atom stereocenters. The molecule has 7 aliphatic rings. The zero-order valence-electron chi connectivity index (χ0n) is 33.0. The van der Waals surface area contributed by atoms with Crippen molar-refractivity contribution < 1.29 is 0 Å². The Labute approximate surface area is 318 Å². The highest BCUT2D eigenvalue weighted by atomic mass is 32.2. The SMILES string of the molecule is CC1(C)CCC(C)(C)c2c(N(c3ccc4c(c3)Sc3ccccc3C43C4CC5CC(C4)CC3C5)c3cccc4c3C(C)(C)CCC4(C)C)cccc21. The van der Waals surface area contributed by atoms with Gasteiger partial charge in [-0.05, 0) is 167 Å². The summed E-state index contributed by atoms with van der Waals surface area (Å²) in [5.74, 6) is 3.42. The Morgan fingerprint density at radius 1 is 0.481 bits per heavy atom. The molecule has 4 aromatic rings. The van der Waals surface area contributed by atoms with Gasteiger partial charge < -0.3 is 4.90 Å². The number of hydrogen-bond donors (Lipinski definition) is 0. The molecule has 4 saturated carbocycles. The summed E-state index contributed by atoms with van der Waals surface area (Å²) in [5, 5.41) is 0. The highest BCUT2D eigenvalue weighted by molar-refractivity contribution is 7.99. The van der Waals surface area contributed by atoms with Crippen molar-refractivity contribution in [2.45, 2.75) is 150 Å². The van der Waals surface area contributed by atoms with E-state index >= 15 is 0 Å². The molecule has 1 aliphatic heterocycles. The monoisotopic (exact) mass is 705 g/mol. The van der Waals surface area contributed by atoms with Crippen LogP contribution in [0.15, 0.2) is 88.7 Å². The van der Waals surface area contributed by atoms with Gasteiger partial charge in [-0.2, -0.15) is 0 Å². The van der Waals surface area contributed by atoms with E-state index in [9.17, 15) is 0 Å². The Hall–Kier alpha value is -2.97. The zero-order chi connectivity index (χ0) is 36.0. The fourth-order valence-corrected chi connectivity index (χ4v) is 14.5. The molecule has 0 amide bonds. The van der Waals surface area contributed by atoms with Crippen LogP contribution in [0.4, 0.5) is 17.1 Å². The van der Waals surface area contributed by atoms with E-state index in [-0.39, 0.29) is 27.1 Å². The highest BCUT2D eigenvalue weighted by Gasteiger charge is 2.60. The summed E-state index contributed by atoms with van der Waals surface area (Å²) in [4.78, 5) is 5.75. The Bertz CT molecular complexity index is 2000. The van der Waals surface area contributed by atoms with Crippen LogP contribution in [0.5, 0.6) is 0 Å². The van der Waals surface area contributed by atoms with Gasteiger partial charge in [-0.1, -0.05) is 116 Å². The summed E-state index contributed by atoms with van der Waals surface area (Å²) in [5.41, 5.74) is 14.1. The predicted octanol–water partition coefficient (Wildman–Crippen LogP) is 14.1. The second kappa shape index (κ2) is 11.1. The first-order valence-electron chi connectivity index (χ1n) is 20.7. The van der Waals surface area contributed by atoms with Crippen LogP contribution >= 0.6 is 11.8 Å². The van der Waals surface area contributed by atoms with E-state index in [1.165, 1.54) is 95.8 Å². The summed E-state index contributed by atoms with van der Waals surface area (Å²) >= 11 is 2.05.